The Bertz CT molecular complexity index is 241. The molecule has 18 heavy (non-hydrogen) atoms. The summed E-state index contributed by atoms with van der Waals surface area (Å²) in [6, 6.07) is 0.477. The van der Waals surface area contributed by atoms with Crippen LogP contribution in [0.1, 0.15) is 32.1 Å². The molecule has 2 saturated heterocycles. The molecule has 0 radical (unpaired) electrons. The molecule has 2 rings (SSSR count). The fraction of sp³-hybridized carbons (Fsp3) is 0.917. The lowest BCUT2D eigenvalue weighted by Crippen LogP contribution is -2.39. The molecule has 5 nitrogen and oxygen atoms in total. The van der Waals surface area contributed by atoms with Crippen LogP contribution in [-0.4, -0.2) is 49.8 Å². The number of rotatable bonds is 5. The molecule has 2 fully saturated rings. The summed E-state index contributed by atoms with van der Waals surface area (Å²) in [7, 11) is 0. The fourth-order valence-corrected chi connectivity index (χ4v) is 2.31. The first kappa shape index (κ1) is 15.7. The highest BCUT2D eigenvalue weighted by Gasteiger charge is 2.16. The average molecular weight is 278 g/mol. The Morgan fingerprint density at radius 2 is 2.28 bits per heavy atom. The zero-order valence-corrected chi connectivity index (χ0v) is 11.6. The van der Waals surface area contributed by atoms with E-state index >= 15 is 0 Å². The van der Waals surface area contributed by atoms with Gasteiger partial charge in [-0.25, -0.2) is 0 Å². The molecule has 0 bridgehead atoms. The number of hydroxylamine groups is 2. The standard InChI is InChI=1S/C12H23N3O2.ClH/c16-12(14-10-11-4-3-6-13-11)5-8-15-7-1-2-9-17-15;/h11,13H,1-10H2,(H,14,16);1H/t11-;/m1./s1. The lowest BCUT2D eigenvalue weighted by molar-refractivity contribution is -0.181. The van der Waals surface area contributed by atoms with Crippen molar-refractivity contribution in [2.45, 2.75) is 38.1 Å². The number of carbonyl (C=O) groups excluding carboxylic acids is 1. The normalized spacial score (nSPS) is 24.6. The maximum Gasteiger partial charge on any atom is 0.221 e. The minimum atomic E-state index is 0. The molecule has 0 aromatic carbocycles. The SMILES string of the molecule is Cl.O=C(CCN1CCCCO1)NC[C@H]1CCCN1. The summed E-state index contributed by atoms with van der Waals surface area (Å²) in [4.78, 5) is 17.1. The Hall–Kier alpha value is -0.360. The Labute approximate surface area is 115 Å². The molecular weight excluding hydrogens is 254 g/mol. The van der Waals surface area contributed by atoms with Gasteiger partial charge in [0.15, 0.2) is 0 Å². The van der Waals surface area contributed by atoms with Gasteiger partial charge in [-0.1, -0.05) is 0 Å². The lowest BCUT2D eigenvalue weighted by Gasteiger charge is -2.25. The van der Waals surface area contributed by atoms with Crippen molar-refractivity contribution in [1.29, 1.82) is 0 Å². The van der Waals surface area contributed by atoms with E-state index in [0.717, 1.165) is 32.7 Å². The number of nitrogens with zero attached hydrogens (tertiary/aromatic N) is 1. The zero-order chi connectivity index (χ0) is 11.9. The molecule has 0 unspecified atom stereocenters. The number of halogens is 1. The van der Waals surface area contributed by atoms with Crippen LogP contribution in [0, 0.1) is 0 Å². The van der Waals surface area contributed by atoms with E-state index in [4.69, 9.17) is 4.84 Å². The van der Waals surface area contributed by atoms with Crippen molar-refractivity contribution >= 4 is 18.3 Å². The van der Waals surface area contributed by atoms with Crippen molar-refractivity contribution in [2.75, 3.05) is 32.8 Å². The molecule has 106 valence electrons. The van der Waals surface area contributed by atoms with Crippen molar-refractivity contribution in [2.24, 2.45) is 0 Å². The van der Waals surface area contributed by atoms with E-state index in [-0.39, 0.29) is 18.3 Å². The Kier molecular flexibility index (Phi) is 7.58. The van der Waals surface area contributed by atoms with Crippen molar-refractivity contribution in [3.8, 4) is 0 Å². The van der Waals surface area contributed by atoms with Gasteiger partial charge < -0.3 is 10.6 Å². The van der Waals surface area contributed by atoms with Gasteiger partial charge in [0.2, 0.25) is 5.91 Å². The van der Waals surface area contributed by atoms with Gasteiger partial charge in [-0.15, -0.1) is 12.4 Å². The molecule has 1 atom stereocenters. The Morgan fingerprint density at radius 1 is 1.39 bits per heavy atom. The number of carbonyl (C=O) groups is 1. The van der Waals surface area contributed by atoms with Gasteiger partial charge in [0.25, 0.3) is 0 Å². The van der Waals surface area contributed by atoms with Gasteiger partial charge >= 0.3 is 0 Å². The molecule has 2 N–H and O–H groups in total. The van der Waals surface area contributed by atoms with E-state index in [0.29, 0.717) is 19.0 Å². The molecule has 0 spiro atoms. The largest absolute Gasteiger partial charge is 0.354 e. The van der Waals surface area contributed by atoms with E-state index in [1.807, 2.05) is 5.06 Å². The second-order valence-electron chi connectivity index (χ2n) is 4.82. The summed E-state index contributed by atoms with van der Waals surface area (Å²) in [6.45, 7) is 4.32. The Morgan fingerprint density at radius 3 is 2.94 bits per heavy atom. The van der Waals surface area contributed by atoms with E-state index in [9.17, 15) is 4.79 Å². The molecular formula is C12H24ClN3O2. The van der Waals surface area contributed by atoms with Crippen molar-refractivity contribution in [3.63, 3.8) is 0 Å². The molecule has 6 heteroatoms. The van der Waals surface area contributed by atoms with Crippen LogP contribution in [0.25, 0.3) is 0 Å². The molecule has 0 saturated carbocycles. The molecule has 2 aliphatic heterocycles. The minimum absolute atomic E-state index is 0. The van der Waals surface area contributed by atoms with E-state index in [1.54, 1.807) is 0 Å². The number of hydrogen-bond acceptors (Lipinski definition) is 4. The van der Waals surface area contributed by atoms with Gasteiger partial charge in [-0.3, -0.25) is 9.63 Å². The number of hydrogen-bond donors (Lipinski definition) is 2. The zero-order valence-electron chi connectivity index (χ0n) is 10.8. The van der Waals surface area contributed by atoms with Crippen LogP contribution in [0.15, 0.2) is 0 Å². The lowest BCUT2D eigenvalue weighted by atomic mass is 10.2. The highest BCUT2D eigenvalue weighted by atomic mass is 35.5. The quantitative estimate of drug-likeness (QED) is 0.777. The first-order valence-corrected chi connectivity index (χ1v) is 6.72. The van der Waals surface area contributed by atoms with Gasteiger partial charge in [0.05, 0.1) is 6.61 Å². The molecule has 1 amide bonds. The third-order valence-electron chi connectivity index (χ3n) is 3.37. The van der Waals surface area contributed by atoms with Crippen LogP contribution >= 0.6 is 12.4 Å². The first-order chi connectivity index (χ1) is 8.34. The van der Waals surface area contributed by atoms with Crippen LogP contribution < -0.4 is 10.6 Å². The molecule has 2 heterocycles. The van der Waals surface area contributed by atoms with Crippen LogP contribution in [0.4, 0.5) is 0 Å². The van der Waals surface area contributed by atoms with Gasteiger partial charge in [-0.2, -0.15) is 5.06 Å². The summed E-state index contributed by atoms with van der Waals surface area (Å²) in [6.07, 6.45) is 5.24. The predicted molar refractivity (Wildman–Crippen MR) is 72.7 cm³/mol. The summed E-state index contributed by atoms with van der Waals surface area (Å²) < 4.78 is 0. The maximum atomic E-state index is 11.6. The monoisotopic (exact) mass is 277 g/mol. The van der Waals surface area contributed by atoms with Gasteiger partial charge in [-0.05, 0) is 32.2 Å². The van der Waals surface area contributed by atoms with E-state index < -0.39 is 0 Å². The number of amides is 1. The first-order valence-electron chi connectivity index (χ1n) is 6.72. The maximum absolute atomic E-state index is 11.6. The number of nitrogens with one attached hydrogen (secondary N) is 2. The summed E-state index contributed by atoms with van der Waals surface area (Å²) in [5, 5.41) is 8.26. The van der Waals surface area contributed by atoms with E-state index in [1.165, 1.54) is 19.3 Å². The van der Waals surface area contributed by atoms with Crippen LogP contribution in [0.5, 0.6) is 0 Å². The smallest absolute Gasteiger partial charge is 0.221 e. The molecule has 2 aliphatic rings. The van der Waals surface area contributed by atoms with Crippen molar-refractivity contribution in [1.82, 2.24) is 15.7 Å². The van der Waals surface area contributed by atoms with E-state index in [2.05, 4.69) is 10.6 Å². The third kappa shape index (κ3) is 5.52. The Balaban J connectivity index is 0.00000162. The second kappa shape index (κ2) is 8.69. The van der Waals surface area contributed by atoms with Crippen LogP contribution in [0.2, 0.25) is 0 Å². The summed E-state index contributed by atoms with van der Waals surface area (Å²) in [5.74, 6) is 0.132. The van der Waals surface area contributed by atoms with Crippen molar-refractivity contribution < 1.29 is 9.63 Å². The minimum Gasteiger partial charge on any atom is -0.354 e. The molecule has 0 aromatic heterocycles. The summed E-state index contributed by atoms with van der Waals surface area (Å²) in [5.41, 5.74) is 0. The van der Waals surface area contributed by atoms with Crippen LogP contribution in [0.3, 0.4) is 0 Å². The topological polar surface area (TPSA) is 53.6 Å². The highest BCUT2D eigenvalue weighted by Crippen LogP contribution is 2.06. The second-order valence-corrected chi connectivity index (χ2v) is 4.82. The predicted octanol–water partition coefficient (Wildman–Crippen LogP) is 0.694. The van der Waals surface area contributed by atoms with Gasteiger partial charge in [0, 0.05) is 32.1 Å². The average Bonchev–Trinajstić information content (AvgIpc) is 2.88. The van der Waals surface area contributed by atoms with Gasteiger partial charge in [0.1, 0.15) is 0 Å². The highest BCUT2D eigenvalue weighted by molar-refractivity contribution is 5.85. The fourth-order valence-electron chi connectivity index (χ4n) is 2.31. The molecule has 0 aromatic rings. The van der Waals surface area contributed by atoms with Crippen LogP contribution in [-0.2, 0) is 9.63 Å². The third-order valence-corrected chi connectivity index (χ3v) is 3.37. The molecule has 0 aliphatic carbocycles. The summed E-state index contributed by atoms with van der Waals surface area (Å²) >= 11 is 0. The van der Waals surface area contributed by atoms with Crippen molar-refractivity contribution in [3.05, 3.63) is 0 Å².